The van der Waals surface area contributed by atoms with E-state index >= 15 is 0 Å². The van der Waals surface area contributed by atoms with Crippen LogP contribution in [0.15, 0.2) is 94.5 Å². The monoisotopic (exact) mass is 544 g/mol. The molecule has 7 rings (SSSR count). The van der Waals surface area contributed by atoms with Crippen LogP contribution >= 0.6 is 11.3 Å². The molecule has 198 valence electrons. The summed E-state index contributed by atoms with van der Waals surface area (Å²) in [5.41, 5.74) is 9.89. The molecule has 0 N–H and O–H groups in total. The Morgan fingerprint density at radius 3 is 2.62 bits per heavy atom. The number of allylic oxidation sites excluding steroid dienone is 1. The maximum Gasteiger partial charge on any atom is 0.271 e. The van der Waals surface area contributed by atoms with Gasteiger partial charge in [-0.3, -0.25) is 14.3 Å². The van der Waals surface area contributed by atoms with Crippen molar-refractivity contribution >= 4 is 23.1 Å². The number of ether oxygens (including phenoxy) is 1. The topological polar surface area (TPSA) is 61.4 Å². The lowest BCUT2D eigenvalue weighted by Gasteiger charge is -2.30. The van der Waals surface area contributed by atoms with Crippen molar-refractivity contribution in [2.75, 3.05) is 7.11 Å². The fraction of sp³-hybridized carbons (Fsp3) is 0.182. The van der Waals surface area contributed by atoms with Gasteiger partial charge in [-0.05, 0) is 85.4 Å². The van der Waals surface area contributed by atoms with E-state index in [0.29, 0.717) is 4.53 Å². The maximum absolute atomic E-state index is 14.1. The fourth-order valence-corrected chi connectivity index (χ4v) is 7.06. The highest BCUT2D eigenvalue weighted by Crippen LogP contribution is 2.41. The summed E-state index contributed by atoms with van der Waals surface area (Å²) in [7, 11) is 1.67. The van der Waals surface area contributed by atoms with Crippen LogP contribution in [-0.2, 0) is 6.42 Å². The fourth-order valence-electron chi connectivity index (χ4n) is 6.07. The van der Waals surface area contributed by atoms with E-state index in [1.54, 1.807) is 13.3 Å². The van der Waals surface area contributed by atoms with Crippen LogP contribution in [-0.4, -0.2) is 21.2 Å². The van der Waals surface area contributed by atoms with Crippen LogP contribution in [0.5, 0.6) is 5.75 Å². The standard InChI is InChI=1S/C33H28N4O2S/c1-20-17-24(21(2)36(20)25-8-6-16-34-19-25)18-29-32(38)37-31(23-10-13-26(39-3)14-11-23)28-15-12-22-7-4-5-9-27(22)30(28)35-33(37)40-29/h4-11,13-14,16-19,31H,12,15H2,1-3H3/b29-18-/t31-/m0/s1. The van der Waals surface area contributed by atoms with Crippen molar-refractivity contribution in [2.24, 2.45) is 4.99 Å². The molecule has 1 aliphatic carbocycles. The van der Waals surface area contributed by atoms with Crippen molar-refractivity contribution in [1.29, 1.82) is 0 Å². The number of fused-ring (bicyclic) bond motifs is 3. The first kappa shape index (κ1) is 24.5. The maximum atomic E-state index is 14.1. The van der Waals surface area contributed by atoms with Gasteiger partial charge in [0.25, 0.3) is 5.56 Å². The van der Waals surface area contributed by atoms with E-state index < -0.39 is 0 Å². The number of methoxy groups -OCH3 is 1. The second-order valence-electron chi connectivity index (χ2n) is 10.3. The van der Waals surface area contributed by atoms with Crippen LogP contribution in [0.1, 0.15) is 46.1 Å². The molecule has 0 unspecified atom stereocenters. The van der Waals surface area contributed by atoms with Gasteiger partial charge in [-0.15, -0.1) is 0 Å². The second kappa shape index (κ2) is 9.61. The van der Waals surface area contributed by atoms with Crippen LogP contribution in [0.3, 0.4) is 0 Å². The summed E-state index contributed by atoms with van der Waals surface area (Å²) in [6, 6.07) is 22.5. The molecular weight excluding hydrogens is 516 g/mol. The van der Waals surface area contributed by atoms with Crippen LogP contribution in [0.4, 0.5) is 0 Å². The smallest absolute Gasteiger partial charge is 0.271 e. The number of aromatic nitrogens is 3. The van der Waals surface area contributed by atoms with Gasteiger partial charge in [0.2, 0.25) is 0 Å². The van der Waals surface area contributed by atoms with Crippen LogP contribution < -0.4 is 19.6 Å². The molecule has 5 aromatic rings. The van der Waals surface area contributed by atoms with Gasteiger partial charge in [-0.1, -0.05) is 47.7 Å². The van der Waals surface area contributed by atoms with Crippen molar-refractivity contribution in [3.05, 3.63) is 138 Å². The molecule has 0 saturated heterocycles. The third-order valence-electron chi connectivity index (χ3n) is 7.97. The molecule has 2 aromatic carbocycles. The minimum absolute atomic E-state index is 0.0128. The van der Waals surface area contributed by atoms with Gasteiger partial charge >= 0.3 is 0 Å². The number of hydrogen-bond acceptors (Lipinski definition) is 5. The molecule has 3 aromatic heterocycles. The third kappa shape index (κ3) is 3.88. The number of rotatable bonds is 4. The van der Waals surface area contributed by atoms with E-state index in [0.717, 1.165) is 57.3 Å². The highest BCUT2D eigenvalue weighted by atomic mass is 32.1. The second-order valence-corrected chi connectivity index (χ2v) is 11.3. The first-order valence-corrected chi connectivity index (χ1v) is 14.2. The van der Waals surface area contributed by atoms with Gasteiger partial charge in [0.05, 0.1) is 35.3 Å². The summed E-state index contributed by atoms with van der Waals surface area (Å²) in [6.07, 6.45) is 7.44. The molecule has 0 radical (unpaired) electrons. The Hall–Kier alpha value is -4.49. The largest absolute Gasteiger partial charge is 0.497 e. The summed E-state index contributed by atoms with van der Waals surface area (Å²) in [5, 5.41) is 0. The van der Waals surface area contributed by atoms with Crippen LogP contribution in [0.25, 0.3) is 17.5 Å². The Morgan fingerprint density at radius 1 is 1.02 bits per heavy atom. The Balaban J connectivity index is 1.44. The number of pyridine rings is 1. The SMILES string of the molecule is COc1ccc([C@H]2C3=C(N=c4s/c(=C\c5cc(C)n(-c6cccnc6)c5C)c(=O)n42)c2ccccc2CC3)cc1. The lowest BCUT2D eigenvalue weighted by Crippen LogP contribution is -2.38. The number of hydrogen-bond donors (Lipinski definition) is 0. The lowest BCUT2D eigenvalue weighted by atomic mass is 9.83. The van der Waals surface area contributed by atoms with Crippen molar-refractivity contribution in [2.45, 2.75) is 32.7 Å². The molecule has 4 heterocycles. The Morgan fingerprint density at radius 2 is 1.85 bits per heavy atom. The highest BCUT2D eigenvalue weighted by molar-refractivity contribution is 7.07. The summed E-state index contributed by atoms with van der Waals surface area (Å²) < 4.78 is 10.2. The molecule has 6 nitrogen and oxygen atoms in total. The van der Waals surface area contributed by atoms with E-state index in [1.165, 1.54) is 28.0 Å². The molecule has 0 spiro atoms. The lowest BCUT2D eigenvalue weighted by molar-refractivity contribution is 0.414. The van der Waals surface area contributed by atoms with Gasteiger partial charge < -0.3 is 9.30 Å². The molecule has 0 amide bonds. The molecule has 2 aliphatic rings. The summed E-state index contributed by atoms with van der Waals surface area (Å²) in [5.74, 6) is 0.795. The van der Waals surface area contributed by atoms with E-state index in [4.69, 9.17) is 9.73 Å². The number of benzene rings is 2. The minimum Gasteiger partial charge on any atom is -0.497 e. The van der Waals surface area contributed by atoms with Crippen molar-refractivity contribution in [1.82, 2.24) is 14.1 Å². The average molecular weight is 545 g/mol. The van der Waals surface area contributed by atoms with Crippen molar-refractivity contribution in [3.63, 3.8) is 0 Å². The zero-order valence-corrected chi connectivity index (χ0v) is 23.4. The molecule has 7 heteroatoms. The molecule has 0 bridgehead atoms. The van der Waals surface area contributed by atoms with Crippen LogP contribution in [0.2, 0.25) is 0 Å². The summed E-state index contributed by atoms with van der Waals surface area (Å²) in [6.45, 7) is 4.16. The number of thiazole rings is 1. The van der Waals surface area contributed by atoms with E-state index in [2.05, 4.69) is 65.9 Å². The van der Waals surface area contributed by atoms with Gasteiger partial charge in [0, 0.05) is 23.1 Å². The molecule has 1 aliphatic heterocycles. The van der Waals surface area contributed by atoms with Gasteiger partial charge in [-0.2, -0.15) is 0 Å². The first-order valence-electron chi connectivity index (χ1n) is 13.4. The number of nitrogens with zero attached hydrogens (tertiary/aromatic N) is 4. The third-order valence-corrected chi connectivity index (χ3v) is 8.95. The number of aryl methyl sites for hydroxylation is 2. The van der Waals surface area contributed by atoms with Crippen LogP contribution in [0, 0.1) is 13.8 Å². The first-order chi connectivity index (χ1) is 19.5. The highest BCUT2D eigenvalue weighted by Gasteiger charge is 2.32. The van der Waals surface area contributed by atoms with E-state index in [9.17, 15) is 4.79 Å². The summed E-state index contributed by atoms with van der Waals surface area (Å²) in [4.78, 5) is 24.3. The zero-order valence-electron chi connectivity index (χ0n) is 22.6. The zero-order chi connectivity index (χ0) is 27.4. The van der Waals surface area contributed by atoms with E-state index in [-0.39, 0.29) is 11.6 Å². The average Bonchev–Trinajstić information content (AvgIpc) is 3.45. The van der Waals surface area contributed by atoms with Gasteiger partial charge in [0.1, 0.15) is 5.75 Å². The van der Waals surface area contributed by atoms with Gasteiger partial charge in [-0.25, -0.2) is 4.99 Å². The molecule has 0 fully saturated rings. The Bertz CT molecular complexity index is 1980. The normalized spacial score (nSPS) is 16.3. The summed E-state index contributed by atoms with van der Waals surface area (Å²) >= 11 is 1.46. The Kier molecular flexibility index (Phi) is 5.90. The Labute approximate surface area is 235 Å². The van der Waals surface area contributed by atoms with Crippen molar-refractivity contribution in [3.8, 4) is 11.4 Å². The predicted octanol–water partition coefficient (Wildman–Crippen LogP) is 5.13. The quantitative estimate of drug-likeness (QED) is 0.315. The van der Waals surface area contributed by atoms with Crippen molar-refractivity contribution < 1.29 is 4.74 Å². The van der Waals surface area contributed by atoms with Gasteiger partial charge in [0.15, 0.2) is 4.80 Å². The molecule has 1 atom stereocenters. The minimum atomic E-state index is -0.213. The predicted molar refractivity (Wildman–Crippen MR) is 159 cm³/mol. The molecule has 40 heavy (non-hydrogen) atoms. The molecular formula is C33H28N4O2S. The van der Waals surface area contributed by atoms with E-state index in [1.807, 2.05) is 41.1 Å². The molecule has 0 saturated carbocycles.